The molecule has 4 rings (SSSR count). The van der Waals surface area contributed by atoms with Crippen LogP contribution in [-0.2, 0) is 4.84 Å². The van der Waals surface area contributed by atoms with Crippen molar-refractivity contribution in [2.45, 2.75) is 137 Å². The molecule has 4 aliphatic rings. The van der Waals surface area contributed by atoms with Crippen LogP contribution in [0.5, 0.6) is 0 Å². The zero-order valence-corrected chi connectivity index (χ0v) is 25.4. The van der Waals surface area contributed by atoms with Crippen LogP contribution in [0, 0.1) is 46.3 Å². The average molecular weight is 527 g/mol. The van der Waals surface area contributed by atoms with E-state index in [9.17, 15) is 0 Å². The largest absolute Gasteiger partial charge is 0.298 e. The van der Waals surface area contributed by atoms with E-state index < -0.39 is 0 Å². The smallest absolute Gasteiger partial charge is 0.0827 e. The number of nitrogens with one attached hydrogen (secondary N) is 1. The first kappa shape index (κ1) is 29.9. The summed E-state index contributed by atoms with van der Waals surface area (Å²) in [4.78, 5) is 8.99. The fraction of sp³-hybridized carbons (Fsp3) is 0.939. The van der Waals surface area contributed by atoms with E-state index in [1.54, 1.807) is 5.57 Å². The predicted molar refractivity (Wildman–Crippen MR) is 158 cm³/mol. The second kappa shape index (κ2) is 13.6. The first-order valence-electron chi connectivity index (χ1n) is 16.4. The van der Waals surface area contributed by atoms with Gasteiger partial charge in [0.15, 0.2) is 0 Å². The molecule has 38 heavy (non-hydrogen) atoms. The van der Waals surface area contributed by atoms with Crippen LogP contribution < -0.4 is 5.48 Å². The third-order valence-electron chi connectivity index (χ3n) is 11.9. The normalized spacial score (nSPS) is 37.1. The highest BCUT2D eigenvalue weighted by Crippen LogP contribution is 2.67. The van der Waals surface area contributed by atoms with Crippen LogP contribution in [0.15, 0.2) is 16.8 Å². The van der Waals surface area contributed by atoms with Crippen LogP contribution in [-0.4, -0.2) is 19.2 Å². The highest BCUT2D eigenvalue weighted by atomic mass is 16.7. The van der Waals surface area contributed by atoms with Crippen molar-refractivity contribution in [3.63, 3.8) is 0 Å². The third kappa shape index (κ3) is 6.64. The van der Waals surface area contributed by atoms with Gasteiger partial charge >= 0.3 is 0 Å². The molecule has 3 unspecified atom stereocenters. The summed E-state index contributed by atoms with van der Waals surface area (Å²) in [5.41, 5.74) is 14.3. The van der Waals surface area contributed by atoms with E-state index >= 15 is 0 Å². The molecule has 0 aromatic heterocycles. The van der Waals surface area contributed by atoms with E-state index in [4.69, 9.17) is 10.4 Å². The summed E-state index contributed by atoms with van der Waals surface area (Å²) < 4.78 is 0. The van der Waals surface area contributed by atoms with Gasteiger partial charge in [-0.2, -0.15) is 0 Å². The Bertz CT molecular complexity index is 835. The van der Waals surface area contributed by atoms with Gasteiger partial charge in [0.2, 0.25) is 0 Å². The predicted octanol–water partition coefficient (Wildman–Crippen LogP) is 9.79. The molecule has 3 fully saturated rings. The quantitative estimate of drug-likeness (QED) is 0.0611. The molecule has 0 aromatic rings. The molecule has 0 bridgehead atoms. The van der Waals surface area contributed by atoms with Gasteiger partial charge in [0.05, 0.1) is 6.10 Å². The van der Waals surface area contributed by atoms with E-state index in [0.29, 0.717) is 23.5 Å². The van der Waals surface area contributed by atoms with Gasteiger partial charge in [0, 0.05) is 18.0 Å². The van der Waals surface area contributed by atoms with E-state index in [-0.39, 0.29) is 0 Å². The van der Waals surface area contributed by atoms with Crippen molar-refractivity contribution in [1.82, 2.24) is 5.48 Å². The van der Waals surface area contributed by atoms with Crippen LogP contribution in [0.4, 0.5) is 0 Å². The Morgan fingerprint density at radius 1 is 1.00 bits per heavy atom. The number of fused-ring (bicyclic) bond motifs is 5. The molecule has 0 heterocycles. The number of unbranched alkanes of at least 4 members (excludes halogenated alkanes) is 3. The molecule has 0 aliphatic heterocycles. The molecule has 1 N–H and O–H groups in total. The average Bonchev–Trinajstić information content (AvgIpc) is 3.25. The van der Waals surface area contributed by atoms with Crippen molar-refractivity contribution >= 4 is 0 Å². The van der Waals surface area contributed by atoms with Crippen LogP contribution in [0.25, 0.3) is 10.4 Å². The molecule has 216 valence electrons. The number of hydrogen-bond donors (Lipinski definition) is 1. The highest BCUT2D eigenvalue weighted by Gasteiger charge is 2.59. The number of hydrogen-bond acceptors (Lipinski definition) is 3. The lowest BCUT2D eigenvalue weighted by molar-refractivity contribution is -0.0803. The number of rotatable bonds is 14. The van der Waals surface area contributed by atoms with Crippen LogP contribution in [0.1, 0.15) is 131 Å². The summed E-state index contributed by atoms with van der Waals surface area (Å²) in [5.74, 6) is 5.41. The summed E-state index contributed by atoms with van der Waals surface area (Å²) >= 11 is 0. The second-order valence-electron chi connectivity index (χ2n) is 14.5. The molecular formula is C33H58N4O. The van der Waals surface area contributed by atoms with Crippen molar-refractivity contribution in [2.75, 3.05) is 13.1 Å². The minimum atomic E-state index is 0.326. The zero-order chi connectivity index (χ0) is 27.2. The summed E-state index contributed by atoms with van der Waals surface area (Å²) in [6, 6.07) is 0. The fourth-order valence-corrected chi connectivity index (χ4v) is 9.71. The monoisotopic (exact) mass is 526 g/mol. The molecule has 0 amide bonds. The van der Waals surface area contributed by atoms with Crippen molar-refractivity contribution < 1.29 is 4.84 Å². The van der Waals surface area contributed by atoms with Gasteiger partial charge in [-0.3, -0.25) is 4.84 Å². The lowest BCUT2D eigenvalue weighted by Gasteiger charge is -2.58. The second-order valence-corrected chi connectivity index (χ2v) is 14.5. The lowest BCUT2D eigenvalue weighted by atomic mass is 9.47. The molecule has 0 spiro atoms. The Kier molecular flexibility index (Phi) is 10.7. The number of hydroxylamine groups is 1. The number of allylic oxidation sites excluding steroid dienone is 1. The standard InChI is InChI=1S/C33H58N4O/c1-24(2)11-10-12-25(3)29-15-16-30-28-14-13-26-23-27(38-36-22-9-7-6-8-21-35-37-34)17-19-32(26,4)31(28)18-20-33(29,30)5/h13,24-25,27-31,36H,6-12,14-23H2,1-5H3/t25-,27+,28?,29-,30?,31?,32+,33-/m1/s1. The molecule has 0 aromatic carbocycles. The van der Waals surface area contributed by atoms with E-state index in [0.717, 1.165) is 74.2 Å². The van der Waals surface area contributed by atoms with E-state index in [2.05, 4.69) is 56.2 Å². The zero-order valence-electron chi connectivity index (χ0n) is 25.4. The Morgan fingerprint density at radius 3 is 2.61 bits per heavy atom. The molecule has 5 heteroatoms. The molecule has 8 atom stereocenters. The topological polar surface area (TPSA) is 70.0 Å². The van der Waals surface area contributed by atoms with Crippen molar-refractivity contribution in [1.29, 1.82) is 0 Å². The maximum absolute atomic E-state index is 8.35. The first-order chi connectivity index (χ1) is 18.3. The van der Waals surface area contributed by atoms with Gasteiger partial charge in [-0.05, 0) is 116 Å². The first-order valence-corrected chi connectivity index (χ1v) is 16.4. The minimum Gasteiger partial charge on any atom is -0.298 e. The van der Waals surface area contributed by atoms with Gasteiger partial charge in [-0.25, -0.2) is 5.48 Å². The fourth-order valence-electron chi connectivity index (χ4n) is 9.71. The maximum atomic E-state index is 8.35. The summed E-state index contributed by atoms with van der Waals surface area (Å²) in [6.45, 7) is 14.2. The Labute approximate surface area is 233 Å². The molecule has 0 radical (unpaired) electrons. The van der Waals surface area contributed by atoms with E-state index in [1.807, 2.05) is 0 Å². The highest BCUT2D eigenvalue weighted by molar-refractivity contribution is 5.25. The molecule has 4 aliphatic carbocycles. The summed E-state index contributed by atoms with van der Waals surface area (Å²) in [6.07, 6.45) is 22.5. The Morgan fingerprint density at radius 2 is 1.82 bits per heavy atom. The van der Waals surface area contributed by atoms with Gasteiger partial charge in [-0.15, -0.1) is 0 Å². The van der Waals surface area contributed by atoms with Gasteiger partial charge in [0.25, 0.3) is 0 Å². The SMILES string of the molecule is CC(C)CCC[C@@H](C)[C@H]1CCC2C3CC=C4C[C@@H](ONCCCCCCN=[N+]=[N-])CC[C@]4(C)C3CC[C@@]21C. The Balaban J connectivity index is 1.27. The van der Waals surface area contributed by atoms with Gasteiger partial charge in [0.1, 0.15) is 0 Å². The maximum Gasteiger partial charge on any atom is 0.0827 e. The minimum absolute atomic E-state index is 0.326. The van der Waals surface area contributed by atoms with Crippen LogP contribution >= 0.6 is 0 Å². The van der Waals surface area contributed by atoms with E-state index in [1.165, 1.54) is 64.2 Å². The number of nitrogens with zero attached hydrogens (tertiary/aromatic N) is 3. The van der Waals surface area contributed by atoms with Crippen LogP contribution in [0.2, 0.25) is 0 Å². The third-order valence-corrected chi connectivity index (χ3v) is 11.9. The Hall–Kier alpha value is -1.03. The summed E-state index contributed by atoms with van der Waals surface area (Å²) in [7, 11) is 0. The molecular weight excluding hydrogens is 468 g/mol. The molecule has 3 saturated carbocycles. The molecule has 0 saturated heterocycles. The van der Waals surface area contributed by atoms with Crippen molar-refractivity contribution in [2.24, 2.45) is 51.5 Å². The van der Waals surface area contributed by atoms with Gasteiger partial charge in [-0.1, -0.05) is 83.5 Å². The van der Waals surface area contributed by atoms with Gasteiger partial charge < -0.3 is 0 Å². The summed E-state index contributed by atoms with van der Waals surface area (Å²) in [5, 5.41) is 3.61. The van der Waals surface area contributed by atoms with Crippen molar-refractivity contribution in [3.05, 3.63) is 22.1 Å². The van der Waals surface area contributed by atoms with Crippen molar-refractivity contribution in [3.8, 4) is 0 Å². The number of azide groups is 1. The van der Waals surface area contributed by atoms with Crippen LogP contribution in [0.3, 0.4) is 0 Å². The molecule has 5 nitrogen and oxygen atoms in total. The lowest BCUT2D eigenvalue weighted by Crippen LogP contribution is -2.51.